The van der Waals surface area contributed by atoms with Crippen molar-refractivity contribution < 1.29 is 17.9 Å². The molecule has 2 aromatic rings. The number of rotatable bonds is 5. The molecule has 0 spiro atoms. The van der Waals surface area contributed by atoms with Crippen LogP contribution >= 0.6 is 11.6 Å². The largest absolute Gasteiger partial charge is 0.476 e. The van der Waals surface area contributed by atoms with Crippen molar-refractivity contribution in [1.82, 2.24) is 4.90 Å². The Morgan fingerprint density at radius 1 is 1.22 bits per heavy atom. The van der Waals surface area contributed by atoms with E-state index in [-0.39, 0.29) is 18.2 Å². The lowest BCUT2D eigenvalue weighted by atomic mass is 10.2. The van der Waals surface area contributed by atoms with Crippen molar-refractivity contribution in [3.63, 3.8) is 0 Å². The second kappa shape index (κ2) is 7.78. The highest BCUT2D eigenvalue weighted by molar-refractivity contribution is 7.92. The number of nitrogens with zero attached hydrogens (tertiary/aromatic N) is 2. The molecule has 0 aromatic heterocycles. The monoisotopic (exact) mass is 408 g/mol. The third kappa shape index (κ3) is 4.20. The third-order valence-electron chi connectivity index (χ3n) is 4.42. The second-order valence-corrected chi connectivity index (χ2v) is 8.95. The predicted molar refractivity (Wildman–Crippen MR) is 106 cm³/mol. The van der Waals surface area contributed by atoms with Gasteiger partial charge < -0.3 is 9.64 Å². The Balaban J connectivity index is 1.82. The highest BCUT2D eigenvalue weighted by atomic mass is 35.5. The van der Waals surface area contributed by atoms with Crippen LogP contribution in [0.4, 0.5) is 5.69 Å². The molecule has 1 aliphatic heterocycles. The van der Waals surface area contributed by atoms with E-state index >= 15 is 0 Å². The van der Waals surface area contributed by atoms with Gasteiger partial charge in [0.2, 0.25) is 10.0 Å². The summed E-state index contributed by atoms with van der Waals surface area (Å²) >= 11 is 5.89. The van der Waals surface area contributed by atoms with E-state index in [0.29, 0.717) is 23.0 Å². The van der Waals surface area contributed by atoms with Crippen molar-refractivity contribution in [3.8, 4) is 5.75 Å². The van der Waals surface area contributed by atoms with Crippen molar-refractivity contribution in [1.29, 1.82) is 0 Å². The van der Waals surface area contributed by atoms with E-state index in [1.807, 2.05) is 12.1 Å². The number of sulfonamides is 1. The lowest BCUT2D eigenvalue weighted by Gasteiger charge is -2.36. The summed E-state index contributed by atoms with van der Waals surface area (Å²) in [6.45, 7) is 1.91. The van der Waals surface area contributed by atoms with Crippen LogP contribution in [-0.2, 0) is 21.4 Å². The summed E-state index contributed by atoms with van der Waals surface area (Å²) < 4.78 is 32.1. The third-order valence-corrected chi connectivity index (χ3v) is 6.42. The minimum absolute atomic E-state index is 0.0447. The predicted octanol–water partition coefficient (Wildman–Crippen LogP) is 2.92. The number of benzene rings is 2. The lowest BCUT2D eigenvalue weighted by molar-refractivity contribution is -0.137. The molecule has 27 heavy (non-hydrogen) atoms. The molecule has 0 bridgehead atoms. The van der Waals surface area contributed by atoms with Crippen molar-refractivity contribution in [2.24, 2.45) is 0 Å². The van der Waals surface area contributed by atoms with Crippen LogP contribution in [-0.4, -0.2) is 44.7 Å². The molecule has 3 rings (SSSR count). The molecular weight excluding hydrogens is 388 g/mol. The molecule has 8 heteroatoms. The number of carbonyl (C=O) groups excluding carboxylic acids is 1. The van der Waals surface area contributed by atoms with Crippen LogP contribution in [0.15, 0.2) is 48.5 Å². The Bertz CT molecular complexity index is 931. The van der Waals surface area contributed by atoms with Crippen molar-refractivity contribution in [2.45, 2.75) is 19.6 Å². The highest BCUT2D eigenvalue weighted by Crippen LogP contribution is 2.35. The molecule has 0 saturated heterocycles. The van der Waals surface area contributed by atoms with Crippen molar-refractivity contribution >= 4 is 33.2 Å². The molecule has 0 unspecified atom stereocenters. The van der Waals surface area contributed by atoms with Crippen LogP contribution in [0.5, 0.6) is 5.75 Å². The van der Waals surface area contributed by atoms with Crippen LogP contribution < -0.4 is 9.04 Å². The number of fused-ring (bicyclic) bond motifs is 1. The van der Waals surface area contributed by atoms with Gasteiger partial charge in [-0.25, -0.2) is 8.42 Å². The van der Waals surface area contributed by atoms with E-state index in [1.165, 1.54) is 9.21 Å². The molecule has 1 atom stereocenters. The van der Waals surface area contributed by atoms with E-state index in [4.69, 9.17) is 16.3 Å². The summed E-state index contributed by atoms with van der Waals surface area (Å²) in [5, 5.41) is 0.625. The van der Waals surface area contributed by atoms with Crippen LogP contribution in [0, 0.1) is 0 Å². The summed E-state index contributed by atoms with van der Waals surface area (Å²) in [7, 11) is -1.86. The van der Waals surface area contributed by atoms with Gasteiger partial charge in [-0.05, 0) is 36.8 Å². The smallest absolute Gasteiger partial charge is 0.265 e. The topological polar surface area (TPSA) is 66.9 Å². The maximum absolute atomic E-state index is 12.9. The minimum atomic E-state index is -3.52. The van der Waals surface area contributed by atoms with Crippen LogP contribution in [0.3, 0.4) is 0 Å². The molecule has 0 aliphatic carbocycles. The fraction of sp³-hybridized carbons (Fsp3) is 0.316. The molecule has 0 saturated carbocycles. The van der Waals surface area contributed by atoms with Gasteiger partial charge in [0, 0.05) is 18.6 Å². The number of para-hydroxylation sites is 2. The van der Waals surface area contributed by atoms with E-state index in [9.17, 15) is 13.2 Å². The van der Waals surface area contributed by atoms with Gasteiger partial charge in [-0.15, -0.1) is 0 Å². The number of ether oxygens (including phenoxy) is 1. The molecule has 1 aliphatic rings. The maximum atomic E-state index is 12.9. The zero-order chi connectivity index (χ0) is 19.6. The van der Waals surface area contributed by atoms with Gasteiger partial charge in [0.15, 0.2) is 6.10 Å². The summed E-state index contributed by atoms with van der Waals surface area (Å²) in [5.74, 6) is 0.0536. The summed E-state index contributed by atoms with van der Waals surface area (Å²) in [6, 6.07) is 14.1. The first-order valence-corrected chi connectivity index (χ1v) is 10.6. The Labute approximate surface area is 164 Å². The molecule has 6 nitrogen and oxygen atoms in total. The second-order valence-electron chi connectivity index (χ2n) is 6.33. The van der Waals surface area contributed by atoms with E-state index < -0.39 is 16.1 Å². The average Bonchev–Trinajstić information content (AvgIpc) is 2.68. The molecule has 144 valence electrons. The Morgan fingerprint density at radius 2 is 1.89 bits per heavy atom. The molecule has 2 aromatic carbocycles. The first-order valence-electron chi connectivity index (χ1n) is 8.57. The first kappa shape index (κ1) is 19.5. The van der Waals surface area contributed by atoms with Gasteiger partial charge in [0.05, 0.1) is 18.0 Å². The number of carbonyl (C=O) groups is 1. The fourth-order valence-electron chi connectivity index (χ4n) is 2.94. The van der Waals surface area contributed by atoms with Crippen LogP contribution in [0.1, 0.15) is 12.5 Å². The molecule has 0 radical (unpaired) electrons. The number of hydrogen-bond donors (Lipinski definition) is 0. The summed E-state index contributed by atoms with van der Waals surface area (Å²) in [6.07, 6.45) is -0.904. The summed E-state index contributed by atoms with van der Waals surface area (Å²) in [5.41, 5.74) is 1.38. The molecule has 0 fully saturated rings. The molecule has 1 amide bonds. The Morgan fingerprint density at radius 3 is 2.56 bits per heavy atom. The number of hydrogen-bond acceptors (Lipinski definition) is 4. The highest BCUT2D eigenvalue weighted by Gasteiger charge is 2.37. The average molecular weight is 409 g/mol. The van der Waals surface area contributed by atoms with Crippen molar-refractivity contribution in [3.05, 3.63) is 59.1 Å². The van der Waals surface area contributed by atoms with Crippen LogP contribution in [0.25, 0.3) is 0 Å². The zero-order valence-corrected chi connectivity index (χ0v) is 16.7. The van der Waals surface area contributed by atoms with E-state index in [0.717, 1.165) is 5.56 Å². The standard InChI is InChI=1S/C19H21ClN2O4S/c1-3-27(24,25)22-13-18(26-17-7-5-4-6-16(17)22)19(23)21(2)12-14-8-10-15(20)11-9-14/h4-11,18H,3,12-13H2,1-2H3/t18-/m1/s1. The lowest BCUT2D eigenvalue weighted by Crippen LogP contribution is -2.51. The van der Waals surface area contributed by atoms with Crippen molar-refractivity contribution in [2.75, 3.05) is 23.7 Å². The van der Waals surface area contributed by atoms with Gasteiger partial charge in [-0.2, -0.15) is 0 Å². The van der Waals surface area contributed by atoms with E-state index in [1.54, 1.807) is 50.4 Å². The molecular formula is C19H21ClN2O4S. The van der Waals surface area contributed by atoms with Crippen LogP contribution in [0.2, 0.25) is 5.02 Å². The minimum Gasteiger partial charge on any atom is -0.476 e. The van der Waals surface area contributed by atoms with Gasteiger partial charge in [-0.1, -0.05) is 35.9 Å². The zero-order valence-electron chi connectivity index (χ0n) is 15.1. The molecule has 1 heterocycles. The molecule has 0 N–H and O–H groups in total. The number of likely N-dealkylation sites (N-methyl/N-ethyl adjacent to an activating group) is 1. The normalized spacial score (nSPS) is 16.4. The summed E-state index contributed by atoms with van der Waals surface area (Å²) in [4.78, 5) is 14.4. The number of anilines is 1. The van der Waals surface area contributed by atoms with E-state index in [2.05, 4.69) is 0 Å². The van der Waals surface area contributed by atoms with Gasteiger partial charge >= 0.3 is 0 Å². The fourth-order valence-corrected chi connectivity index (χ4v) is 4.19. The maximum Gasteiger partial charge on any atom is 0.265 e. The van der Waals surface area contributed by atoms with Gasteiger partial charge in [0.1, 0.15) is 5.75 Å². The van der Waals surface area contributed by atoms with Gasteiger partial charge in [0.25, 0.3) is 5.91 Å². The quantitative estimate of drug-likeness (QED) is 0.762. The number of amides is 1. The SMILES string of the molecule is CCS(=O)(=O)N1C[C@H](C(=O)N(C)Cc2ccc(Cl)cc2)Oc2ccccc21. The first-order chi connectivity index (χ1) is 12.8. The Kier molecular flexibility index (Phi) is 5.62. The Hall–Kier alpha value is -2.25. The van der Waals surface area contributed by atoms with Gasteiger partial charge in [-0.3, -0.25) is 9.10 Å². The number of halogens is 1.